The molecule has 7 nitrogen and oxygen atoms in total. The molecule has 1 aromatic carbocycles. The van der Waals surface area contributed by atoms with Gasteiger partial charge in [-0.05, 0) is 36.8 Å². The Bertz CT molecular complexity index is 1090. The lowest BCUT2D eigenvalue weighted by molar-refractivity contribution is -0.116. The maximum atomic E-state index is 12.2. The first kappa shape index (κ1) is 21.1. The van der Waals surface area contributed by atoms with Crippen LogP contribution in [-0.2, 0) is 14.6 Å². The van der Waals surface area contributed by atoms with Gasteiger partial charge in [0.25, 0.3) is 5.89 Å². The molecule has 0 unspecified atom stereocenters. The van der Waals surface area contributed by atoms with Gasteiger partial charge < -0.3 is 4.42 Å². The van der Waals surface area contributed by atoms with Crippen LogP contribution in [0.4, 0.5) is 6.01 Å². The van der Waals surface area contributed by atoms with Crippen molar-refractivity contribution >= 4 is 67.9 Å². The smallest absolute Gasteiger partial charge is 0.322 e. The third-order valence-electron chi connectivity index (χ3n) is 3.55. The average molecular weight is 481 g/mol. The number of sulfone groups is 1. The van der Waals surface area contributed by atoms with Gasteiger partial charge >= 0.3 is 6.01 Å². The number of amides is 1. The molecule has 0 aliphatic carbocycles. The van der Waals surface area contributed by atoms with Crippen molar-refractivity contribution in [1.29, 1.82) is 0 Å². The van der Waals surface area contributed by atoms with Crippen molar-refractivity contribution in [2.24, 2.45) is 0 Å². The Hall–Kier alpha value is -1.65. The molecule has 0 bridgehead atoms. The molecule has 12 heteroatoms. The molecule has 2 aromatic heterocycles. The number of anilines is 1. The van der Waals surface area contributed by atoms with Gasteiger partial charge in [0.15, 0.2) is 9.84 Å². The molecular formula is C16H12Cl3N3O4S2. The zero-order valence-corrected chi connectivity index (χ0v) is 17.9. The van der Waals surface area contributed by atoms with Crippen molar-refractivity contribution in [2.75, 3.05) is 11.1 Å². The van der Waals surface area contributed by atoms with E-state index in [0.717, 1.165) is 11.3 Å². The van der Waals surface area contributed by atoms with Crippen LogP contribution < -0.4 is 5.32 Å². The van der Waals surface area contributed by atoms with E-state index < -0.39 is 15.7 Å². The second kappa shape index (κ2) is 8.79. The standard InChI is InChI=1S/C16H12Cl3N3O4S2/c17-9-3-5-10(6-4-9)28(24,25)7-1-2-13(23)20-16-22-21-15(26-16)11-8-12(18)27-14(11)19/h3-6,8H,1-2,7H2,(H,20,22,23). The first-order valence-electron chi connectivity index (χ1n) is 7.81. The molecule has 3 aromatic rings. The molecule has 1 amide bonds. The topological polar surface area (TPSA) is 102 Å². The zero-order valence-electron chi connectivity index (χ0n) is 14.0. The number of halogens is 3. The largest absolute Gasteiger partial charge is 0.403 e. The van der Waals surface area contributed by atoms with Crippen LogP contribution in [0.5, 0.6) is 0 Å². The van der Waals surface area contributed by atoms with Gasteiger partial charge in [-0.25, -0.2) is 8.42 Å². The lowest BCUT2D eigenvalue weighted by Gasteiger charge is -2.04. The molecule has 0 saturated carbocycles. The third kappa shape index (κ3) is 5.24. The summed E-state index contributed by atoms with van der Waals surface area (Å²) in [5.74, 6) is -0.509. The monoisotopic (exact) mass is 479 g/mol. The van der Waals surface area contributed by atoms with Gasteiger partial charge in [-0.15, -0.1) is 16.4 Å². The summed E-state index contributed by atoms with van der Waals surface area (Å²) in [5.41, 5.74) is 0.471. The Labute approximate surface area is 179 Å². The van der Waals surface area contributed by atoms with Gasteiger partial charge in [-0.3, -0.25) is 10.1 Å². The number of thiophene rings is 1. The minimum absolute atomic E-state index is 0.0322. The predicted octanol–water partition coefficient (Wildman–Crippen LogP) is 4.95. The van der Waals surface area contributed by atoms with Crippen LogP contribution in [0.1, 0.15) is 12.8 Å². The Kier molecular flexibility index (Phi) is 6.61. The number of carbonyl (C=O) groups excluding carboxylic acids is 1. The first-order valence-corrected chi connectivity index (χ1v) is 11.4. The Morgan fingerprint density at radius 2 is 1.86 bits per heavy atom. The van der Waals surface area contributed by atoms with E-state index in [1.54, 1.807) is 6.07 Å². The van der Waals surface area contributed by atoms with Crippen molar-refractivity contribution in [3.05, 3.63) is 44.0 Å². The van der Waals surface area contributed by atoms with Gasteiger partial charge in [0.05, 0.1) is 20.5 Å². The maximum Gasteiger partial charge on any atom is 0.322 e. The van der Waals surface area contributed by atoms with Gasteiger partial charge in [-0.1, -0.05) is 39.9 Å². The van der Waals surface area contributed by atoms with E-state index in [1.165, 1.54) is 24.3 Å². The van der Waals surface area contributed by atoms with Crippen LogP contribution in [0.3, 0.4) is 0 Å². The number of benzene rings is 1. The highest BCUT2D eigenvalue weighted by molar-refractivity contribution is 7.91. The molecule has 0 radical (unpaired) electrons. The van der Waals surface area contributed by atoms with Crippen LogP contribution in [0, 0.1) is 0 Å². The highest BCUT2D eigenvalue weighted by atomic mass is 35.5. The molecular weight excluding hydrogens is 469 g/mol. The molecule has 28 heavy (non-hydrogen) atoms. The lowest BCUT2D eigenvalue weighted by Crippen LogP contribution is -2.14. The molecule has 1 N–H and O–H groups in total. The number of hydrogen-bond acceptors (Lipinski definition) is 7. The summed E-state index contributed by atoms with van der Waals surface area (Å²) in [6.45, 7) is 0. The minimum Gasteiger partial charge on any atom is -0.403 e. The van der Waals surface area contributed by atoms with E-state index in [0.29, 0.717) is 19.3 Å². The fourth-order valence-corrected chi connectivity index (χ4v) is 5.12. The quantitative estimate of drug-likeness (QED) is 0.513. The van der Waals surface area contributed by atoms with Gasteiger partial charge in [0.2, 0.25) is 5.91 Å². The van der Waals surface area contributed by atoms with Crippen molar-refractivity contribution in [1.82, 2.24) is 10.2 Å². The first-order chi connectivity index (χ1) is 13.2. The number of aromatic nitrogens is 2. The second-order valence-electron chi connectivity index (χ2n) is 5.57. The Morgan fingerprint density at radius 3 is 2.50 bits per heavy atom. The molecule has 0 saturated heterocycles. The summed E-state index contributed by atoms with van der Waals surface area (Å²) in [7, 11) is -3.50. The molecule has 0 aliphatic rings. The summed E-state index contributed by atoms with van der Waals surface area (Å²) in [5, 5.41) is 10.4. The van der Waals surface area contributed by atoms with Crippen LogP contribution in [0.15, 0.2) is 39.6 Å². The summed E-state index contributed by atoms with van der Waals surface area (Å²) < 4.78 is 30.7. The highest BCUT2D eigenvalue weighted by Crippen LogP contribution is 2.37. The number of nitrogens with one attached hydrogen (secondary N) is 1. The van der Waals surface area contributed by atoms with E-state index in [-0.39, 0.29) is 35.4 Å². The fraction of sp³-hybridized carbons (Fsp3) is 0.188. The molecule has 0 atom stereocenters. The summed E-state index contributed by atoms with van der Waals surface area (Å²) in [6, 6.07) is 7.33. The Balaban J connectivity index is 1.54. The second-order valence-corrected chi connectivity index (χ2v) is 10.4. The number of hydrogen-bond donors (Lipinski definition) is 1. The maximum absolute atomic E-state index is 12.2. The summed E-state index contributed by atoms with van der Waals surface area (Å²) in [4.78, 5) is 12.2. The normalized spacial score (nSPS) is 11.5. The molecule has 0 spiro atoms. The van der Waals surface area contributed by atoms with Gasteiger partial charge in [-0.2, -0.15) is 0 Å². The highest BCUT2D eigenvalue weighted by Gasteiger charge is 2.18. The van der Waals surface area contributed by atoms with E-state index in [2.05, 4.69) is 15.5 Å². The van der Waals surface area contributed by atoms with E-state index >= 15 is 0 Å². The zero-order chi connectivity index (χ0) is 20.3. The van der Waals surface area contributed by atoms with Gasteiger partial charge in [0.1, 0.15) is 4.34 Å². The van der Waals surface area contributed by atoms with E-state index in [9.17, 15) is 13.2 Å². The Morgan fingerprint density at radius 1 is 1.14 bits per heavy atom. The molecule has 3 rings (SSSR count). The summed E-state index contributed by atoms with van der Waals surface area (Å²) in [6.07, 6.45) is 0.0966. The van der Waals surface area contributed by atoms with Crippen LogP contribution in [-0.4, -0.2) is 30.3 Å². The molecule has 148 valence electrons. The van der Waals surface area contributed by atoms with E-state index in [4.69, 9.17) is 39.2 Å². The van der Waals surface area contributed by atoms with Crippen LogP contribution in [0.2, 0.25) is 13.7 Å². The van der Waals surface area contributed by atoms with Crippen LogP contribution >= 0.6 is 46.1 Å². The van der Waals surface area contributed by atoms with Crippen molar-refractivity contribution in [3.8, 4) is 11.5 Å². The summed E-state index contributed by atoms with van der Waals surface area (Å²) >= 11 is 18.8. The van der Waals surface area contributed by atoms with Crippen LogP contribution in [0.25, 0.3) is 11.5 Å². The number of nitrogens with zero attached hydrogens (tertiary/aromatic N) is 2. The van der Waals surface area contributed by atoms with E-state index in [1.807, 2.05) is 0 Å². The molecule has 2 heterocycles. The number of carbonyl (C=O) groups is 1. The third-order valence-corrected chi connectivity index (χ3v) is 7.10. The average Bonchev–Trinajstić information content (AvgIpc) is 3.20. The minimum atomic E-state index is -3.50. The lowest BCUT2D eigenvalue weighted by atomic mass is 10.3. The SMILES string of the molecule is O=C(CCCS(=O)(=O)c1ccc(Cl)cc1)Nc1nnc(-c2cc(Cl)sc2Cl)o1. The number of rotatable bonds is 7. The van der Waals surface area contributed by atoms with Crippen molar-refractivity contribution in [3.63, 3.8) is 0 Å². The molecule has 0 fully saturated rings. The van der Waals surface area contributed by atoms with Crippen molar-refractivity contribution in [2.45, 2.75) is 17.7 Å². The predicted molar refractivity (Wildman–Crippen MR) is 109 cm³/mol. The molecule has 0 aliphatic heterocycles. The van der Waals surface area contributed by atoms with Gasteiger partial charge in [0, 0.05) is 11.4 Å². The van der Waals surface area contributed by atoms with Crippen molar-refractivity contribution < 1.29 is 17.6 Å². The fourth-order valence-electron chi connectivity index (χ4n) is 2.23.